The normalized spacial score (nSPS) is 10.6. The minimum absolute atomic E-state index is 0.361. The zero-order valence-electron chi connectivity index (χ0n) is 30.8. The van der Waals surface area contributed by atoms with Gasteiger partial charge in [0.05, 0.1) is 0 Å². The Morgan fingerprint density at radius 3 is 1.04 bits per heavy atom. The van der Waals surface area contributed by atoms with E-state index in [0.29, 0.717) is 22.6 Å². The number of rotatable bonds is 15. The summed E-state index contributed by atoms with van der Waals surface area (Å²) in [6.07, 6.45) is 0. The molecule has 0 radical (unpaired) electrons. The quantitative estimate of drug-likeness (QED) is 0.0600. The van der Waals surface area contributed by atoms with Crippen LogP contribution in [0.5, 0.6) is 11.5 Å². The largest absolute Gasteiger partial charge is 0.423 e. The van der Waals surface area contributed by atoms with E-state index in [2.05, 4.69) is 120 Å². The van der Waals surface area contributed by atoms with Gasteiger partial charge in [-0.2, -0.15) is 0 Å². The lowest BCUT2D eigenvalue weighted by Gasteiger charge is -2.31. The standard InChI is InChI=1S/C48H44N2O4/c1-35(2)47(51)53-45-27-19-41(20-28-45)39-15-23-43(24-16-39)49(33-37-11-7-5-8-12-37)31-32-50(34-38-13-9-6-10-14-38)44-25-17-40(18-26-44)42-21-29-46(30-22-42)54-48(52)36(3)4/h5-30H,1,3,31-34H2,2,4H3. The fraction of sp³-hybridized carbons (Fsp3) is 0.125. The molecule has 0 aliphatic heterocycles. The molecule has 0 bridgehead atoms. The first kappa shape index (κ1) is 37.1. The van der Waals surface area contributed by atoms with Crippen LogP contribution >= 0.6 is 0 Å². The first-order valence-corrected chi connectivity index (χ1v) is 18.0. The Balaban J connectivity index is 1.21. The van der Waals surface area contributed by atoms with Crippen LogP contribution in [0.25, 0.3) is 22.3 Å². The monoisotopic (exact) mass is 712 g/mol. The molecule has 6 heteroatoms. The molecule has 0 fully saturated rings. The zero-order valence-corrected chi connectivity index (χ0v) is 30.8. The molecule has 6 nitrogen and oxygen atoms in total. The topological polar surface area (TPSA) is 59.1 Å². The molecule has 0 heterocycles. The Kier molecular flexibility index (Phi) is 12.2. The lowest BCUT2D eigenvalue weighted by atomic mass is 10.0. The molecule has 0 atom stereocenters. The third-order valence-corrected chi connectivity index (χ3v) is 9.03. The van der Waals surface area contributed by atoms with E-state index in [4.69, 9.17) is 9.47 Å². The highest BCUT2D eigenvalue weighted by atomic mass is 16.5. The molecule has 0 N–H and O–H groups in total. The zero-order chi connectivity index (χ0) is 37.9. The average molecular weight is 713 g/mol. The van der Waals surface area contributed by atoms with Gasteiger partial charge in [-0.3, -0.25) is 0 Å². The third kappa shape index (κ3) is 10.0. The van der Waals surface area contributed by atoms with Crippen LogP contribution in [0, 0.1) is 0 Å². The van der Waals surface area contributed by atoms with Crippen molar-refractivity contribution < 1.29 is 19.1 Å². The average Bonchev–Trinajstić information content (AvgIpc) is 3.20. The smallest absolute Gasteiger partial charge is 0.338 e. The summed E-state index contributed by atoms with van der Waals surface area (Å²) >= 11 is 0. The first-order valence-electron chi connectivity index (χ1n) is 18.0. The molecular weight excluding hydrogens is 669 g/mol. The lowest BCUT2D eigenvalue weighted by Crippen LogP contribution is -2.35. The summed E-state index contributed by atoms with van der Waals surface area (Å²) < 4.78 is 10.7. The van der Waals surface area contributed by atoms with Gasteiger partial charge in [0.1, 0.15) is 11.5 Å². The molecule has 54 heavy (non-hydrogen) atoms. The van der Waals surface area contributed by atoms with Crippen molar-refractivity contribution in [1.82, 2.24) is 0 Å². The Morgan fingerprint density at radius 1 is 0.444 bits per heavy atom. The summed E-state index contributed by atoms with van der Waals surface area (Å²) in [5.74, 6) is 0.115. The molecule has 270 valence electrons. The maximum Gasteiger partial charge on any atom is 0.338 e. The number of ether oxygens (including phenoxy) is 2. The van der Waals surface area contributed by atoms with Crippen LogP contribution in [0.2, 0.25) is 0 Å². The number of hydrogen-bond acceptors (Lipinski definition) is 6. The summed E-state index contributed by atoms with van der Waals surface area (Å²) in [5.41, 5.74) is 9.66. The van der Waals surface area contributed by atoms with Gasteiger partial charge in [0, 0.05) is 48.7 Å². The number of hydrogen-bond donors (Lipinski definition) is 0. The van der Waals surface area contributed by atoms with E-state index < -0.39 is 11.9 Å². The highest BCUT2D eigenvalue weighted by molar-refractivity contribution is 5.89. The minimum atomic E-state index is -0.433. The van der Waals surface area contributed by atoms with Crippen LogP contribution in [-0.2, 0) is 22.7 Å². The SMILES string of the molecule is C=C(C)C(=O)Oc1ccc(-c2ccc(N(CCN(Cc3ccccc3)c3ccc(-c4ccc(OC(=O)C(=C)C)cc4)cc3)Cc3ccccc3)cc2)cc1. The summed E-state index contributed by atoms with van der Waals surface area (Å²) in [5, 5.41) is 0. The van der Waals surface area contributed by atoms with Crippen molar-refractivity contribution >= 4 is 23.3 Å². The number of benzene rings is 6. The van der Waals surface area contributed by atoms with Gasteiger partial charge >= 0.3 is 11.9 Å². The number of carbonyl (C=O) groups is 2. The van der Waals surface area contributed by atoms with Crippen LogP contribution in [0.3, 0.4) is 0 Å². The van der Waals surface area contributed by atoms with Crippen LogP contribution in [0.4, 0.5) is 11.4 Å². The number of nitrogens with zero attached hydrogens (tertiary/aromatic N) is 2. The molecule has 0 spiro atoms. The number of carbonyl (C=O) groups excluding carboxylic acids is 2. The predicted octanol–water partition coefficient (Wildman–Crippen LogP) is 10.7. The van der Waals surface area contributed by atoms with Crippen LogP contribution in [0.15, 0.2) is 182 Å². The van der Waals surface area contributed by atoms with Gasteiger partial charge in [0.15, 0.2) is 0 Å². The fourth-order valence-electron chi connectivity index (χ4n) is 6.00. The van der Waals surface area contributed by atoms with Crippen molar-refractivity contribution in [3.05, 3.63) is 193 Å². The first-order chi connectivity index (χ1) is 26.2. The minimum Gasteiger partial charge on any atom is -0.423 e. The van der Waals surface area contributed by atoms with E-state index in [-0.39, 0.29) is 0 Å². The molecule has 6 aromatic carbocycles. The predicted molar refractivity (Wildman–Crippen MR) is 220 cm³/mol. The molecule has 0 amide bonds. The Bertz CT molecular complexity index is 2020. The highest BCUT2D eigenvalue weighted by Gasteiger charge is 2.14. The maximum absolute atomic E-state index is 11.9. The summed E-state index contributed by atoms with van der Waals surface area (Å²) in [6, 6.07) is 53.4. The number of anilines is 2. The van der Waals surface area contributed by atoms with Crippen molar-refractivity contribution in [1.29, 1.82) is 0 Å². The molecular formula is C48H44N2O4. The molecule has 0 aromatic heterocycles. The fourth-order valence-corrected chi connectivity index (χ4v) is 6.00. The molecule has 6 aromatic rings. The molecule has 6 rings (SSSR count). The van der Waals surface area contributed by atoms with Crippen molar-refractivity contribution in [2.75, 3.05) is 22.9 Å². The summed E-state index contributed by atoms with van der Waals surface area (Å²) in [6.45, 7) is 13.7. The summed E-state index contributed by atoms with van der Waals surface area (Å²) in [7, 11) is 0. The van der Waals surface area contributed by atoms with Gasteiger partial charge in [-0.05, 0) is 95.8 Å². The molecule has 0 aliphatic rings. The Hall–Kier alpha value is -6.66. The highest BCUT2D eigenvalue weighted by Crippen LogP contribution is 2.29. The van der Waals surface area contributed by atoms with E-state index in [1.54, 1.807) is 38.1 Å². The second-order valence-corrected chi connectivity index (χ2v) is 13.3. The van der Waals surface area contributed by atoms with Crippen molar-refractivity contribution in [3.63, 3.8) is 0 Å². The van der Waals surface area contributed by atoms with Crippen molar-refractivity contribution in [2.24, 2.45) is 0 Å². The van der Waals surface area contributed by atoms with Crippen LogP contribution < -0.4 is 19.3 Å². The lowest BCUT2D eigenvalue weighted by molar-refractivity contribution is -0.130. The molecule has 0 saturated carbocycles. The molecule has 0 saturated heterocycles. The maximum atomic E-state index is 11.9. The van der Waals surface area contributed by atoms with Gasteiger partial charge < -0.3 is 19.3 Å². The van der Waals surface area contributed by atoms with E-state index in [9.17, 15) is 9.59 Å². The second-order valence-electron chi connectivity index (χ2n) is 13.3. The van der Waals surface area contributed by atoms with Gasteiger partial charge in [-0.25, -0.2) is 9.59 Å². The van der Waals surface area contributed by atoms with Crippen LogP contribution in [0.1, 0.15) is 25.0 Å². The van der Waals surface area contributed by atoms with Crippen LogP contribution in [-0.4, -0.2) is 25.0 Å². The Labute approximate surface area is 318 Å². The van der Waals surface area contributed by atoms with E-state index in [1.807, 2.05) is 36.4 Å². The van der Waals surface area contributed by atoms with E-state index in [1.165, 1.54) is 11.1 Å². The Morgan fingerprint density at radius 2 is 0.741 bits per heavy atom. The van der Waals surface area contributed by atoms with Gasteiger partial charge in [0.25, 0.3) is 0 Å². The van der Waals surface area contributed by atoms with Gasteiger partial charge in [-0.1, -0.05) is 122 Å². The van der Waals surface area contributed by atoms with Gasteiger partial charge in [-0.15, -0.1) is 0 Å². The summed E-state index contributed by atoms with van der Waals surface area (Å²) in [4.78, 5) is 28.7. The van der Waals surface area contributed by atoms with Crippen molar-refractivity contribution in [2.45, 2.75) is 26.9 Å². The van der Waals surface area contributed by atoms with E-state index >= 15 is 0 Å². The second kappa shape index (κ2) is 17.7. The van der Waals surface area contributed by atoms with E-state index in [0.717, 1.165) is 59.8 Å². The van der Waals surface area contributed by atoms with Crippen molar-refractivity contribution in [3.8, 4) is 33.8 Å². The molecule has 0 unspecified atom stereocenters. The third-order valence-electron chi connectivity index (χ3n) is 9.03. The molecule has 0 aliphatic carbocycles. The number of esters is 2. The van der Waals surface area contributed by atoms with Gasteiger partial charge in [0.2, 0.25) is 0 Å².